The topological polar surface area (TPSA) is 64.7 Å². The molecule has 0 aliphatic heterocycles. The van der Waals surface area contributed by atoms with Gasteiger partial charge in [0.1, 0.15) is 11.2 Å². The van der Waals surface area contributed by atoms with Crippen LogP contribution in [0.2, 0.25) is 0 Å². The first-order chi connectivity index (χ1) is 24.3. The Kier molecular flexibility index (Phi) is 6.11. The summed E-state index contributed by atoms with van der Waals surface area (Å²) in [6, 6.07) is 52.1. The van der Waals surface area contributed by atoms with Crippen molar-refractivity contribution < 1.29 is 4.42 Å². The second kappa shape index (κ2) is 10.9. The SMILES string of the molecule is c1cnc2c(-c3ccc(-c4nc(-c5cccc6c5oc5ccccc56)nc(-c5cccc6ccc7ccccc7c56)n4)cc3)cccc2c1. The van der Waals surface area contributed by atoms with Crippen molar-refractivity contribution in [2.45, 2.75) is 0 Å². The van der Waals surface area contributed by atoms with Gasteiger partial charge in [0, 0.05) is 44.4 Å². The van der Waals surface area contributed by atoms with E-state index in [4.69, 9.17) is 19.4 Å². The molecule has 0 saturated heterocycles. The molecule has 0 unspecified atom stereocenters. The van der Waals surface area contributed by atoms with Crippen LogP contribution in [-0.4, -0.2) is 19.9 Å². The molecule has 3 aromatic heterocycles. The third-order valence-corrected chi connectivity index (χ3v) is 9.38. The van der Waals surface area contributed by atoms with Gasteiger partial charge >= 0.3 is 0 Å². The van der Waals surface area contributed by atoms with E-state index in [0.717, 1.165) is 76.8 Å². The van der Waals surface area contributed by atoms with E-state index in [1.54, 1.807) is 0 Å². The van der Waals surface area contributed by atoms with Crippen LogP contribution in [-0.2, 0) is 0 Å². The molecule has 0 atom stereocenters. The summed E-state index contributed by atoms with van der Waals surface area (Å²) in [4.78, 5) is 20.1. The molecule has 10 aromatic rings. The van der Waals surface area contributed by atoms with Crippen LogP contribution in [0.4, 0.5) is 0 Å². The summed E-state index contributed by atoms with van der Waals surface area (Å²) < 4.78 is 6.45. The lowest BCUT2D eigenvalue weighted by molar-refractivity contribution is 0.669. The summed E-state index contributed by atoms with van der Waals surface area (Å²) in [5, 5.41) is 7.78. The summed E-state index contributed by atoms with van der Waals surface area (Å²) in [6.07, 6.45) is 1.84. The predicted molar refractivity (Wildman–Crippen MR) is 199 cm³/mol. The molecule has 228 valence electrons. The van der Waals surface area contributed by atoms with E-state index in [1.807, 2.05) is 42.6 Å². The third kappa shape index (κ3) is 4.48. The number of nitrogens with zero attached hydrogens (tertiary/aromatic N) is 4. The van der Waals surface area contributed by atoms with Crippen LogP contribution in [0.25, 0.3) is 99.7 Å². The van der Waals surface area contributed by atoms with Gasteiger partial charge in [-0.05, 0) is 39.9 Å². The number of fused-ring (bicyclic) bond motifs is 7. The quantitative estimate of drug-likeness (QED) is 0.182. The third-order valence-electron chi connectivity index (χ3n) is 9.38. The predicted octanol–water partition coefficient (Wildman–Crippen LogP) is 11.3. The molecular weight excluding hydrogens is 601 g/mol. The lowest BCUT2D eigenvalue weighted by Crippen LogP contribution is -2.01. The Morgan fingerprint density at radius 3 is 1.90 bits per heavy atom. The van der Waals surface area contributed by atoms with Crippen molar-refractivity contribution in [2.24, 2.45) is 0 Å². The van der Waals surface area contributed by atoms with Crippen molar-refractivity contribution in [2.75, 3.05) is 0 Å². The Balaban J connectivity index is 1.20. The molecule has 0 spiro atoms. The van der Waals surface area contributed by atoms with Crippen molar-refractivity contribution in [3.05, 3.63) is 158 Å². The number of pyridine rings is 1. The molecule has 5 nitrogen and oxygen atoms in total. The molecule has 49 heavy (non-hydrogen) atoms. The summed E-state index contributed by atoms with van der Waals surface area (Å²) in [5.41, 5.74) is 7.40. The standard InChI is InChI=1S/C44H26N4O/c1-2-13-32-27(9-1)20-23-29-10-5-17-36(39(29)32)43-46-42(31-24-21-28(22-25-31)33-15-6-11-30-12-8-26-45-40(30)33)47-44(48-43)37-18-7-16-35-34-14-3-4-19-38(34)49-41(35)37/h1-26H. The molecule has 10 rings (SSSR count). The van der Waals surface area contributed by atoms with Crippen LogP contribution in [0.3, 0.4) is 0 Å². The Morgan fingerprint density at radius 1 is 0.388 bits per heavy atom. The first kappa shape index (κ1) is 27.4. The van der Waals surface area contributed by atoms with Crippen molar-refractivity contribution in [3.8, 4) is 45.3 Å². The first-order valence-electron chi connectivity index (χ1n) is 16.3. The van der Waals surface area contributed by atoms with Gasteiger partial charge in [-0.1, -0.05) is 133 Å². The van der Waals surface area contributed by atoms with Gasteiger partial charge in [-0.3, -0.25) is 4.98 Å². The maximum atomic E-state index is 6.45. The molecule has 0 fully saturated rings. The highest BCUT2D eigenvalue weighted by atomic mass is 16.3. The zero-order valence-electron chi connectivity index (χ0n) is 26.2. The number of hydrogen-bond acceptors (Lipinski definition) is 5. The Labute approximate surface area is 281 Å². The molecule has 0 amide bonds. The van der Waals surface area contributed by atoms with Gasteiger partial charge in [-0.25, -0.2) is 15.0 Å². The number of furan rings is 1. The highest BCUT2D eigenvalue weighted by Crippen LogP contribution is 2.38. The van der Waals surface area contributed by atoms with Crippen molar-refractivity contribution >= 4 is 54.4 Å². The minimum atomic E-state index is 0.559. The number of para-hydroxylation sites is 3. The second-order valence-corrected chi connectivity index (χ2v) is 12.2. The van der Waals surface area contributed by atoms with Crippen LogP contribution in [0.1, 0.15) is 0 Å². The summed E-state index contributed by atoms with van der Waals surface area (Å²) in [7, 11) is 0. The highest BCUT2D eigenvalue weighted by molar-refractivity contribution is 6.14. The van der Waals surface area contributed by atoms with Gasteiger partial charge < -0.3 is 4.42 Å². The molecule has 0 aliphatic carbocycles. The average molecular weight is 627 g/mol. The maximum Gasteiger partial charge on any atom is 0.167 e. The molecule has 0 radical (unpaired) electrons. The zero-order valence-corrected chi connectivity index (χ0v) is 26.2. The fourth-order valence-electron chi connectivity index (χ4n) is 7.05. The number of hydrogen-bond donors (Lipinski definition) is 0. The van der Waals surface area contributed by atoms with E-state index in [1.165, 1.54) is 5.39 Å². The maximum absolute atomic E-state index is 6.45. The van der Waals surface area contributed by atoms with Gasteiger partial charge in [0.05, 0.1) is 11.1 Å². The molecule has 3 heterocycles. The second-order valence-electron chi connectivity index (χ2n) is 12.2. The first-order valence-corrected chi connectivity index (χ1v) is 16.3. The van der Waals surface area contributed by atoms with Crippen LogP contribution in [0.5, 0.6) is 0 Å². The summed E-state index contributed by atoms with van der Waals surface area (Å²) in [6.45, 7) is 0. The van der Waals surface area contributed by atoms with E-state index >= 15 is 0 Å². The van der Waals surface area contributed by atoms with Gasteiger partial charge in [0.25, 0.3) is 0 Å². The van der Waals surface area contributed by atoms with E-state index in [2.05, 4.69) is 120 Å². The largest absolute Gasteiger partial charge is 0.455 e. The molecule has 0 saturated carbocycles. The highest BCUT2D eigenvalue weighted by Gasteiger charge is 2.19. The Hall–Kier alpha value is -6.72. The minimum absolute atomic E-state index is 0.559. The van der Waals surface area contributed by atoms with Crippen molar-refractivity contribution in [3.63, 3.8) is 0 Å². The van der Waals surface area contributed by atoms with Gasteiger partial charge in [-0.15, -0.1) is 0 Å². The summed E-state index contributed by atoms with van der Waals surface area (Å²) in [5.74, 6) is 1.76. The van der Waals surface area contributed by atoms with Crippen LogP contribution >= 0.6 is 0 Å². The lowest BCUT2D eigenvalue weighted by Gasteiger charge is -2.12. The minimum Gasteiger partial charge on any atom is -0.455 e. The number of rotatable bonds is 4. The monoisotopic (exact) mass is 626 g/mol. The zero-order chi connectivity index (χ0) is 32.3. The van der Waals surface area contributed by atoms with E-state index in [9.17, 15) is 0 Å². The summed E-state index contributed by atoms with van der Waals surface area (Å²) >= 11 is 0. The van der Waals surface area contributed by atoms with Crippen molar-refractivity contribution in [1.82, 2.24) is 19.9 Å². The van der Waals surface area contributed by atoms with Crippen LogP contribution in [0, 0.1) is 0 Å². The van der Waals surface area contributed by atoms with E-state index in [-0.39, 0.29) is 0 Å². The molecule has 0 aliphatic rings. The molecule has 0 N–H and O–H groups in total. The van der Waals surface area contributed by atoms with Gasteiger partial charge in [0.2, 0.25) is 0 Å². The molecular formula is C44H26N4O. The smallest absolute Gasteiger partial charge is 0.167 e. The van der Waals surface area contributed by atoms with Crippen molar-refractivity contribution in [1.29, 1.82) is 0 Å². The molecule has 7 aromatic carbocycles. The van der Waals surface area contributed by atoms with E-state index < -0.39 is 0 Å². The fraction of sp³-hybridized carbons (Fsp3) is 0. The average Bonchev–Trinajstić information content (AvgIpc) is 3.56. The number of benzene rings is 7. The van der Waals surface area contributed by atoms with Gasteiger partial charge in [-0.2, -0.15) is 0 Å². The Bertz CT molecular complexity index is 2890. The lowest BCUT2D eigenvalue weighted by atomic mass is 9.97. The molecule has 0 bridgehead atoms. The fourth-order valence-corrected chi connectivity index (χ4v) is 7.05. The van der Waals surface area contributed by atoms with Crippen LogP contribution < -0.4 is 0 Å². The van der Waals surface area contributed by atoms with Gasteiger partial charge in [0.15, 0.2) is 17.5 Å². The van der Waals surface area contributed by atoms with Crippen LogP contribution in [0.15, 0.2) is 162 Å². The van der Waals surface area contributed by atoms with E-state index in [0.29, 0.717) is 17.5 Å². The molecule has 5 heteroatoms. The normalized spacial score (nSPS) is 11.7. The number of aromatic nitrogens is 4. The Morgan fingerprint density at radius 2 is 1.00 bits per heavy atom.